The maximum Gasteiger partial charge on any atom is 0.219 e. The fraction of sp³-hybridized carbons (Fsp3) is 0.133. The lowest BCUT2D eigenvalue weighted by atomic mass is 10.1. The van der Waals surface area contributed by atoms with Gasteiger partial charge in [0.15, 0.2) is 0 Å². The largest absolute Gasteiger partial charge is 0.506 e. The Balaban J connectivity index is 1.53. The van der Waals surface area contributed by atoms with E-state index >= 15 is 0 Å². The quantitative estimate of drug-likeness (QED) is 0.293. The number of phenolic OH excluding ortho intramolecular Hbond substituents is 1. The van der Waals surface area contributed by atoms with E-state index in [-0.39, 0.29) is 5.75 Å². The van der Waals surface area contributed by atoms with Crippen LogP contribution in [0.15, 0.2) is 85.1 Å². The summed E-state index contributed by atoms with van der Waals surface area (Å²) < 4.78 is 8.37. The summed E-state index contributed by atoms with van der Waals surface area (Å²) in [7, 11) is 0. The zero-order valence-electron chi connectivity index (χ0n) is 19.7. The van der Waals surface area contributed by atoms with Gasteiger partial charge >= 0.3 is 0 Å². The van der Waals surface area contributed by atoms with Crippen molar-refractivity contribution >= 4 is 32.7 Å². The Morgan fingerprint density at radius 2 is 1.66 bits per heavy atom. The van der Waals surface area contributed by atoms with Crippen LogP contribution in [0.3, 0.4) is 0 Å². The minimum Gasteiger partial charge on any atom is -0.506 e. The topological polar surface area (TPSA) is 60.2 Å². The molecule has 3 aromatic heterocycles. The Hall–Kier alpha value is -4.38. The molecule has 5 nitrogen and oxygen atoms in total. The third kappa shape index (κ3) is 3.66. The molecule has 0 radical (unpaired) electrons. The van der Waals surface area contributed by atoms with E-state index in [2.05, 4.69) is 59.8 Å². The van der Waals surface area contributed by atoms with Gasteiger partial charge in [-0.15, -0.1) is 0 Å². The summed E-state index contributed by atoms with van der Waals surface area (Å²) in [5.41, 5.74) is 5.20. The molecule has 0 saturated heterocycles. The van der Waals surface area contributed by atoms with Crippen molar-refractivity contribution in [3.63, 3.8) is 0 Å². The predicted molar refractivity (Wildman–Crippen MR) is 141 cm³/mol. The van der Waals surface area contributed by atoms with E-state index in [1.54, 1.807) is 12.1 Å². The third-order valence-electron chi connectivity index (χ3n) is 6.55. The summed E-state index contributed by atoms with van der Waals surface area (Å²) in [6.07, 6.45) is 3.80. The van der Waals surface area contributed by atoms with Gasteiger partial charge in [-0.1, -0.05) is 32.0 Å². The Morgan fingerprint density at radius 1 is 0.800 bits per heavy atom. The SMILES string of the molecule is CCc1ccnc(-n2c3ccc(CC)cc3c3ccc(Oc4ccc5cccc(O)c5n4)cc32)c1. The highest BCUT2D eigenvalue weighted by Gasteiger charge is 2.15. The van der Waals surface area contributed by atoms with Crippen LogP contribution in [0, 0.1) is 0 Å². The molecule has 0 aliphatic carbocycles. The van der Waals surface area contributed by atoms with Gasteiger partial charge in [0.2, 0.25) is 5.88 Å². The molecule has 3 aromatic carbocycles. The first-order valence-corrected chi connectivity index (χ1v) is 11.9. The molecule has 0 saturated carbocycles. The second-order valence-electron chi connectivity index (χ2n) is 8.70. The van der Waals surface area contributed by atoms with E-state index in [9.17, 15) is 5.11 Å². The maximum absolute atomic E-state index is 10.2. The number of phenols is 1. The second kappa shape index (κ2) is 8.44. The molecule has 0 spiro atoms. The van der Waals surface area contributed by atoms with Crippen LogP contribution in [0.2, 0.25) is 0 Å². The molecule has 5 heteroatoms. The monoisotopic (exact) mass is 459 g/mol. The lowest BCUT2D eigenvalue weighted by Gasteiger charge is -2.10. The molecule has 0 bridgehead atoms. The van der Waals surface area contributed by atoms with E-state index in [1.807, 2.05) is 36.5 Å². The first-order valence-electron chi connectivity index (χ1n) is 11.9. The number of aromatic hydroxyl groups is 1. The number of rotatable bonds is 5. The summed E-state index contributed by atoms with van der Waals surface area (Å²) in [6, 6.07) is 26.0. The van der Waals surface area contributed by atoms with Crippen molar-refractivity contribution in [1.82, 2.24) is 14.5 Å². The van der Waals surface area contributed by atoms with Crippen molar-refractivity contribution in [2.24, 2.45) is 0 Å². The standard InChI is InChI=1S/C30H25N3O2/c1-3-19-8-12-25-24(16-19)23-11-10-22(18-26(23)33(25)28-17-20(4-2)14-15-31-28)35-29-13-9-21-6-5-7-27(34)30(21)32-29/h5-18,34H,3-4H2,1-2H3. The molecule has 0 aliphatic heterocycles. The average Bonchev–Trinajstić information content (AvgIpc) is 3.22. The molecule has 35 heavy (non-hydrogen) atoms. The van der Waals surface area contributed by atoms with E-state index in [0.717, 1.165) is 40.5 Å². The van der Waals surface area contributed by atoms with Gasteiger partial charge in [-0.3, -0.25) is 4.57 Å². The lowest BCUT2D eigenvalue weighted by Crippen LogP contribution is -1.98. The summed E-state index contributed by atoms with van der Waals surface area (Å²) >= 11 is 0. The molecule has 1 N–H and O–H groups in total. The van der Waals surface area contributed by atoms with Crippen LogP contribution in [0.25, 0.3) is 38.5 Å². The fourth-order valence-corrected chi connectivity index (χ4v) is 4.67. The smallest absolute Gasteiger partial charge is 0.219 e. The molecule has 0 fully saturated rings. The first kappa shape index (κ1) is 21.2. The molecular formula is C30H25N3O2. The second-order valence-corrected chi connectivity index (χ2v) is 8.70. The minimum atomic E-state index is 0.136. The zero-order chi connectivity index (χ0) is 23.9. The number of pyridine rings is 2. The van der Waals surface area contributed by atoms with Crippen LogP contribution in [-0.4, -0.2) is 19.6 Å². The van der Waals surface area contributed by atoms with Crippen LogP contribution in [-0.2, 0) is 12.8 Å². The Bertz CT molecular complexity index is 1720. The van der Waals surface area contributed by atoms with Gasteiger partial charge in [0.25, 0.3) is 0 Å². The van der Waals surface area contributed by atoms with Crippen molar-refractivity contribution in [2.45, 2.75) is 26.7 Å². The number of fused-ring (bicyclic) bond motifs is 4. The molecule has 0 unspecified atom stereocenters. The number of nitrogens with zero attached hydrogens (tertiary/aromatic N) is 3. The maximum atomic E-state index is 10.2. The van der Waals surface area contributed by atoms with Crippen LogP contribution >= 0.6 is 0 Å². The van der Waals surface area contributed by atoms with E-state index in [0.29, 0.717) is 17.1 Å². The summed E-state index contributed by atoms with van der Waals surface area (Å²) in [4.78, 5) is 9.24. The molecule has 3 heterocycles. The van der Waals surface area contributed by atoms with E-state index in [1.165, 1.54) is 16.5 Å². The highest BCUT2D eigenvalue weighted by molar-refractivity contribution is 6.09. The molecular weight excluding hydrogens is 434 g/mol. The molecule has 0 atom stereocenters. The Labute approximate surface area is 203 Å². The van der Waals surface area contributed by atoms with Crippen molar-refractivity contribution in [3.8, 4) is 23.2 Å². The van der Waals surface area contributed by atoms with Gasteiger partial charge in [-0.05, 0) is 72.5 Å². The summed E-state index contributed by atoms with van der Waals surface area (Å²) in [5, 5.41) is 13.4. The van der Waals surface area contributed by atoms with Crippen molar-refractivity contribution in [2.75, 3.05) is 0 Å². The number of aryl methyl sites for hydroxylation is 2. The van der Waals surface area contributed by atoms with Crippen LogP contribution in [0.4, 0.5) is 0 Å². The van der Waals surface area contributed by atoms with Crippen molar-refractivity contribution < 1.29 is 9.84 Å². The van der Waals surface area contributed by atoms with Gasteiger partial charge < -0.3 is 9.84 Å². The minimum absolute atomic E-state index is 0.136. The molecule has 0 amide bonds. The first-order chi connectivity index (χ1) is 17.1. The predicted octanol–water partition coefficient (Wildman–Crippen LogP) is 7.35. The zero-order valence-corrected chi connectivity index (χ0v) is 19.7. The third-order valence-corrected chi connectivity index (χ3v) is 6.55. The van der Waals surface area contributed by atoms with Gasteiger partial charge in [0.05, 0.1) is 11.0 Å². The number of ether oxygens (including phenoxy) is 1. The van der Waals surface area contributed by atoms with E-state index < -0.39 is 0 Å². The fourth-order valence-electron chi connectivity index (χ4n) is 4.67. The highest BCUT2D eigenvalue weighted by Crippen LogP contribution is 2.36. The average molecular weight is 460 g/mol. The number of hydrogen-bond acceptors (Lipinski definition) is 4. The molecule has 0 aliphatic rings. The van der Waals surface area contributed by atoms with Gasteiger partial charge in [-0.25, -0.2) is 9.97 Å². The van der Waals surface area contributed by atoms with Gasteiger partial charge in [0.1, 0.15) is 22.8 Å². The van der Waals surface area contributed by atoms with Crippen LogP contribution in [0.1, 0.15) is 25.0 Å². The Kier molecular flexibility index (Phi) is 5.10. The normalized spacial score (nSPS) is 11.5. The summed E-state index contributed by atoms with van der Waals surface area (Å²) in [6.45, 7) is 4.33. The number of aromatic nitrogens is 3. The van der Waals surface area contributed by atoms with Gasteiger partial charge in [-0.2, -0.15) is 0 Å². The van der Waals surface area contributed by atoms with Crippen LogP contribution in [0.5, 0.6) is 17.4 Å². The Morgan fingerprint density at radius 3 is 2.51 bits per heavy atom. The van der Waals surface area contributed by atoms with E-state index in [4.69, 9.17) is 9.72 Å². The van der Waals surface area contributed by atoms with Crippen molar-refractivity contribution in [3.05, 3.63) is 96.2 Å². The lowest BCUT2D eigenvalue weighted by molar-refractivity contribution is 0.460. The molecule has 6 rings (SSSR count). The summed E-state index contributed by atoms with van der Waals surface area (Å²) in [5.74, 6) is 2.13. The molecule has 172 valence electrons. The van der Waals surface area contributed by atoms with Crippen LogP contribution < -0.4 is 4.74 Å². The van der Waals surface area contributed by atoms with Crippen molar-refractivity contribution in [1.29, 1.82) is 0 Å². The highest BCUT2D eigenvalue weighted by atomic mass is 16.5. The van der Waals surface area contributed by atoms with Gasteiger partial charge in [0, 0.05) is 34.5 Å². The number of benzene rings is 3. The number of para-hydroxylation sites is 1. The number of hydrogen-bond donors (Lipinski definition) is 1. The molecule has 6 aromatic rings.